The maximum atomic E-state index is 10.8. The molecule has 28 heavy (non-hydrogen) atoms. The number of rotatable bonds is 1. The van der Waals surface area contributed by atoms with Crippen LogP contribution in [0.3, 0.4) is 0 Å². The van der Waals surface area contributed by atoms with Gasteiger partial charge in [0.2, 0.25) is 5.91 Å². The molecule has 5 rings (SSSR count). The molecule has 0 unspecified atom stereocenters. The third-order valence-electron chi connectivity index (χ3n) is 4.68. The second kappa shape index (κ2) is 7.93. The highest BCUT2D eigenvalue weighted by molar-refractivity contribution is 5.98. The van der Waals surface area contributed by atoms with Crippen molar-refractivity contribution < 1.29 is 4.79 Å². The number of anilines is 1. The summed E-state index contributed by atoms with van der Waals surface area (Å²) in [6.07, 6.45) is 0. The maximum Gasteiger partial charge on any atom is 0.221 e. The fraction of sp³-hybridized carbons (Fsp3) is 0.0385. The minimum absolute atomic E-state index is 0.0414. The summed E-state index contributed by atoms with van der Waals surface area (Å²) in [5.74, 6) is -0.0414. The van der Waals surface area contributed by atoms with E-state index in [1.165, 1.54) is 33.9 Å². The summed E-state index contributed by atoms with van der Waals surface area (Å²) in [5, 5.41) is 10.3. The molecule has 2 nitrogen and oxygen atoms in total. The van der Waals surface area contributed by atoms with Gasteiger partial charge in [-0.25, -0.2) is 0 Å². The van der Waals surface area contributed by atoms with Crippen LogP contribution >= 0.6 is 0 Å². The van der Waals surface area contributed by atoms with Crippen LogP contribution in [0.4, 0.5) is 5.69 Å². The monoisotopic (exact) mass is 363 g/mol. The molecule has 0 heterocycles. The Hall–Kier alpha value is -3.65. The van der Waals surface area contributed by atoms with Gasteiger partial charge in [-0.1, -0.05) is 78.9 Å². The van der Waals surface area contributed by atoms with E-state index in [-0.39, 0.29) is 5.91 Å². The van der Waals surface area contributed by atoms with Crippen LogP contribution in [-0.2, 0) is 4.79 Å². The molecular formula is C26H21NO. The standard InChI is InChI=1S/C14H10.C12H11NO/c1-2-6-12-10-14-8-4-3-7-13(14)9-11(12)5-1;1-9(14)13-12-7-6-10-4-2-3-5-11(10)8-12/h1-10H;2-8H,1H3,(H,13,14). The van der Waals surface area contributed by atoms with Gasteiger partial charge >= 0.3 is 0 Å². The molecule has 0 atom stereocenters. The molecule has 0 aliphatic carbocycles. The van der Waals surface area contributed by atoms with E-state index in [2.05, 4.69) is 66.0 Å². The number of carbonyl (C=O) groups excluding carboxylic acids is 1. The average molecular weight is 363 g/mol. The summed E-state index contributed by atoms with van der Waals surface area (Å²) < 4.78 is 0. The first-order valence-corrected chi connectivity index (χ1v) is 9.33. The van der Waals surface area contributed by atoms with E-state index in [0.29, 0.717) is 0 Å². The summed E-state index contributed by atoms with van der Waals surface area (Å²) in [7, 11) is 0. The number of benzene rings is 5. The van der Waals surface area contributed by atoms with Crippen molar-refractivity contribution in [3.63, 3.8) is 0 Å². The number of hydrogen-bond donors (Lipinski definition) is 1. The zero-order chi connectivity index (χ0) is 19.3. The predicted molar refractivity (Wildman–Crippen MR) is 120 cm³/mol. The van der Waals surface area contributed by atoms with E-state index in [1.54, 1.807) is 0 Å². The van der Waals surface area contributed by atoms with E-state index in [9.17, 15) is 4.79 Å². The first-order chi connectivity index (χ1) is 13.7. The van der Waals surface area contributed by atoms with E-state index in [0.717, 1.165) is 11.1 Å². The third-order valence-corrected chi connectivity index (χ3v) is 4.68. The van der Waals surface area contributed by atoms with Crippen LogP contribution in [-0.4, -0.2) is 5.91 Å². The Morgan fingerprint density at radius 1 is 0.536 bits per heavy atom. The summed E-state index contributed by atoms with van der Waals surface area (Å²) in [4.78, 5) is 10.8. The number of amides is 1. The topological polar surface area (TPSA) is 29.1 Å². The van der Waals surface area contributed by atoms with Gasteiger partial charge in [0.1, 0.15) is 0 Å². The van der Waals surface area contributed by atoms with Crippen LogP contribution in [0.1, 0.15) is 6.92 Å². The lowest BCUT2D eigenvalue weighted by Gasteiger charge is -2.03. The van der Waals surface area contributed by atoms with Gasteiger partial charge in [-0.15, -0.1) is 0 Å². The van der Waals surface area contributed by atoms with Crippen molar-refractivity contribution in [1.82, 2.24) is 0 Å². The third kappa shape index (κ3) is 4.02. The molecule has 1 amide bonds. The van der Waals surface area contributed by atoms with Gasteiger partial charge in [-0.3, -0.25) is 4.79 Å². The molecule has 0 aliphatic rings. The average Bonchev–Trinajstić information content (AvgIpc) is 2.72. The highest BCUT2D eigenvalue weighted by atomic mass is 16.1. The van der Waals surface area contributed by atoms with Gasteiger partial charge in [0.05, 0.1) is 0 Å². The van der Waals surface area contributed by atoms with Crippen LogP contribution in [0.2, 0.25) is 0 Å². The lowest BCUT2D eigenvalue weighted by molar-refractivity contribution is -0.114. The van der Waals surface area contributed by atoms with Crippen molar-refractivity contribution in [3.8, 4) is 0 Å². The van der Waals surface area contributed by atoms with Crippen LogP contribution in [0.25, 0.3) is 32.3 Å². The molecule has 0 saturated carbocycles. The van der Waals surface area contributed by atoms with Crippen molar-refractivity contribution in [3.05, 3.63) is 103 Å². The molecule has 0 aliphatic heterocycles. The maximum absolute atomic E-state index is 10.8. The molecule has 5 aromatic carbocycles. The first kappa shape index (κ1) is 17.7. The Labute approximate surface area is 164 Å². The summed E-state index contributed by atoms with van der Waals surface area (Å²) in [6, 6.07) is 35.4. The van der Waals surface area contributed by atoms with E-state index >= 15 is 0 Å². The van der Waals surface area contributed by atoms with Crippen LogP contribution in [0.5, 0.6) is 0 Å². The molecule has 1 N–H and O–H groups in total. The van der Waals surface area contributed by atoms with Crippen LogP contribution in [0, 0.1) is 0 Å². The van der Waals surface area contributed by atoms with Crippen LogP contribution in [0.15, 0.2) is 103 Å². The Bertz CT molecular complexity index is 1170. The van der Waals surface area contributed by atoms with E-state index in [1.807, 2.05) is 42.5 Å². The molecule has 2 heteroatoms. The second-order valence-electron chi connectivity index (χ2n) is 6.79. The van der Waals surface area contributed by atoms with Gasteiger partial charge in [-0.05, 0) is 56.6 Å². The van der Waals surface area contributed by atoms with E-state index < -0.39 is 0 Å². The van der Waals surface area contributed by atoms with Crippen molar-refractivity contribution in [2.75, 3.05) is 5.32 Å². The highest BCUT2D eigenvalue weighted by Gasteiger charge is 1.97. The lowest BCUT2D eigenvalue weighted by Crippen LogP contribution is -2.05. The molecule has 0 aromatic heterocycles. The van der Waals surface area contributed by atoms with Crippen molar-refractivity contribution in [1.29, 1.82) is 0 Å². The highest BCUT2D eigenvalue weighted by Crippen LogP contribution is 2.22. The molecule has 136 valence electrons. The predicted octanol–water partition coefficient (Wildman–Crippen LogP) is 6.79. The Morgan fingerprint density at radius 3 is 1.36 bits per heavy atom. The number of hydrogen-bond acceptors (Lipinski definition) is 1. The van der Waals surface area contributed by atoms with Crippen molar-refractivity contribution in [2.24, 2.45) is 0 Å². The van der Waals surface area contributed by atoms with Gasteiger partial charge in [0, 0.05) is 12.6 Å². The summed E-state index contributed by atoms with van der Waals surface area (Å²) in [5.41, 5.74) is 0.844. The van der Waals surface area contributed by atoms with Crippen LogP contribution < -0.4 is 5.32 Å². The zero-order valence-electron chi connectivity index (χ0n) is 15.7. The van der Waals surface area contributed by atoms with Crippen molar-refractivity contribution in [2.45, 2.75) is 6.92 Å². The van der Waals surface area contributed by atoms with Gasteiger partial charge in [0.15, 0.2) is 0 Å². The Morgan fingerprint density at radius 2 is 0.929 bits per heavy atom. The number of nitrogens with one attached hydrogen (secondary N) is 1. The fourth-order valence-corrected chi connectivity index (χ4v) is 3.35. The molecule has 5 aromatic rings. The molecule has 0 fully saturated rings. The SMILES string of the molecule is CC(=O)Nc1ccc2ccccc2c1.c1ccc2cc3ccccc3cc2c1. The molecule has 0 saturated heterocycles. The first-order valence-electron chi connectivity index (χ1n) is 9.33. The molecule has 0 spiro atoms. The second-order valence-corrected chi connectivity index (χ2v) is 6.79. The Balaban J connectivity index is 0.000000137. The van der Waals surface area contributed by atoms with Gasteiger partial charge < -0.3 is 5.32 Å². The fourth-order valence-electron chi connectivity index (χ4n) is 3.35. The number of carbonyl (C=O) groups is 1. The normalized spacial score (nSPS) is 10.5. The minimum Gasteiger partial charge on any atom is -0.326 e. The van der Waals surface area contributed by atoms with Gasteiger partial charge in [0.25, 0.3) is 0 Å². The summed E-state index contributed by atoms with van der Waals surface area (Å²) in [6.45, 7) is 1.51. The minimum atomic E-state index is -0.0414. The van der Waals surface area contributed by atoms with E-state index in [4.69, 9.17) is 0 Å². The smallest absolute Gasteiger partial charge is 0.221 e. The van der Waals surface area contributed by atoms with Gasteiger partial charge in [-0.2, -0.15) is 0 Å². The molecule has 0 radical (unpaired) electrons. The Kier molecular flexibility index (Phi) is 5.03. The molecular weight excluding hydrogens is 342 g/mol. The zero-order valence-corrected chi connectivity index (χ0v) is 15.7. The van der Waals surface area contributed by atoms with Crippen molar-refractivity contribution >= 4 is 43.9 Å². The molecule has 0 bridgehead atoms. The number of fused-ring (bicyclic) bond motifs is 3. The lowest BCUT2D eigenvalue weighted by atomic mass is 10.0. The largest absolute Gasteiger partial charge is 0.326 e. The summed E-state index contributed by atoms with van der Waals surface area (Å²) >= 11 is 0. The quantitative estimate of drug-likeness (QED) is 0.326.